The van der Waals surface area contributed by atoms with Gasteiger partial charge in [-0.25, -0.2) is 0 Å². The Labute approximate surface area is 201 Å². The number of ether oxygens (including phenoxy) is 1. The Balaban J connectivity index is 1.16. The van der Waals surface area contributed by atoms with Gasteiger partial charge < -0.3 is 10.1 Å². The minimum absolute atomic E-state index is 0.00803. The topological polar surface area (TPSA) is 58.6 Å². The van der Waals surface area contributed by atoms with Crippen molar-refractivity contribution < 1.29 is 14.3 Å². The van der Waals surface area contributed by atoms with E-state index in [1.165, 1.54) is 5.56 Å². The molecule has 4 rings (SSSR count). The second kappa shape index (κ2) is 12.0. The maximum atomic E-state index is 12.3. The number of likely N-dealkylation sites (tertiary alicyclic amines) is 1. The zero-order valence-electron chi connectivity index (χ0n) is 19.2. The van der Waals surface area contributed by atoms with E-state index in [-0.39, 0.29) is 24.3 Å². The number of hydrogen-bond acceptors (Lipinski definition) is 4. The molecule has 1 aliphatic heterocycles. The van der Waals surface area contributed by atoms with Crippen molar-refractivity contribution in [2.75, 3.05) is 19.7 Å². The predicted octanol–water partition coefficient (Wildman–Crippen LogP) is 4.74. The number of benzene rings is 3. The Morgan fingerprint density at radius 1 is 0.882 bits per heavy atom. The summed E-state index contributed by atoms with van der Waals surface area (Å²) in [5, 5.41) is 3.09. The number of carbonyl (C=O) groups is 2. The molecule has 1 saturated heterocycles. The number of amides is 1. The van der Waals surface area contributed by atoms with Crippen molar-refractivity contribution in [3.05, 3.63) is 108 Å². The van der Waals surface area contributed by atoms with Crippen LogP contribution in [0.1, 0.15) is 34.3 Å². The summed E-state index contributed by atoms with van der Waals surface area (Å²) < 4.78 is 5.65. The van der Waals surface area contributed by atoms with Crippen molar-refractivity contribution in [1.82, 2.24) is 10.2 Å². The minimum atomic E-state index is -0.0982. The van der Waals surface area contributed by atoms with Crippen LogP contribution in [0, 0.1) is 0 Å². The molecule has 3 aromatic carbocycles. The van der Waals surface area contributed by atoms with Gasteiger partial charge in [-0.2, -0.15) is 0 Å². The standard InChI is InChI=1S/C29H30N2O3/c32-28(25-9-5-2-6-10-25)16-13-23-11-14-27(15-12-23)34-22-29(33)30-26-17-19-31(20-18-26)21-24-7-3-1-4-8-24/h1-16,26H,17-22H2,(H,30,33). The quantitative estimate of drug-likeness (QED) is 0.375. The van der Waals surface area contributed by atoms with Crippen LogP contribution in [0.2, 0.25) is 0 Å². The highest BCUT2D eigenvalue weighted by Gasteiger charge is 2.20. The summed E-state index contributed by atoms with van der Waals surface area (Å²) in [5.41, 5.74) is 2.87. The molecule has 0 saturated carbocycles. The third kappa shape index (κ3) is 7.15. The molecule has 0 unspecified atom stereocenters. The molecule has 1 N–H and O–H groups in total. The van der Waals surface area contributed by atoms with Crippen LogP contribution in [-0.2, 0) is 11.3 Å². The number of nitrogens with zero attached hydrogens (tertiary/aromatic N) is 1. The molecule has 1 amide bonds. The van der Waals surface area contributed by atoms with Gasteiger partial charge in [-0.3, -0.25) is 14.5 Å². The first kappa shape index (κ1) is 23.5. The lowest BCUT2D eigenvalue weighted by Crippen LogP contribution is -2.45. The van der Waals surface area contributed by atoms with Crippen LogP contribution in [0.4, 0.5) is 0 Å². The number of piperidine rings is 1. The number of carbonyl (C=O) groups excluding carboxylic acids is 2. The molecule has 1 aliphatic rings. The fourth-order valence-electron chi connectivity index (χ4n) is 4.04. The van der Waals surface area contributed by atoms with Gasteiger partial charge in [-0.15, -0.1) is 0 Å². The molecule has 3 aromatic rings. The van der Waals surface area contributed by atoms with Crippen molar-refractivity contribution in [2.45, 2.75) is 25.4 Å². The van der Waals surface area contributed by atoms with Gasteiger partial charge in [0.15, 0.2) is 12.4 Å². The fourth-order valence-corrected chi connectivity index (χ4v) is 4.04. The number of allylic oxidation sites excluding steroid dienone is 1. The second-order valence-electron chi connectivity index (χ2n) is 8.52. The van der Waals surface area contributed by atoms with Gasteiger partial charge in [-0.05, 0) is 42.2 Å². The van der Waals surface area contributed by atoms with E-state index in [1.807, 2.05) is 48.5 Å². The Kier molecular flexibility index (Phi) is 8.25. The first-order chi connectivity index (χ1) is 16.7. The van der Waals surface area contributed by atoms with Crippen molar-refractivity contribution in [3.63, 3.8) is 0 Å². The van der Waals surface area contributed by atoms with E-state index in [1.54, 1.807) is 24.3 Å². The van der Waals surface area contributed by atoms with Crippen LogP contribution in [0.5, 0.6) is 5.75 Å². The molecule has 0 bridgehead atoms. The van der Waals surface area contributed by atoms with Crippen molar-refractivity contribution in [2.24, 2.45) is 0 Å². The highest BCUT2D eigenvalue weighted by molar-refractivity contribution is 6.06. The summed E-state index contributed by atoms with van der Waals surface area (Å²) >= 11 is 0. The average Bonchev–Trinajstić information content (AvgIpc) is 2.89. The molecule has 1 heterocycles. The van der Waals surface area contributed by atoms with Crippen LogP contribution >= 0.6 is 0 Å². The molecular formula is C29H30N2O3. The molecule has 5 nitrogen and oxygen atoms in total. The van der Waals surface area contributed by atoms with Crippen LogP contribution in [0.25, 0.3) is 6.08 Å². The lowest BCUT2D eigenvalue weighted by Gasteiger charge is -2.32. The number of nitrogens with one attached hydrogen (secondary N) is 1. The van der Waals surface area contributed by atoms with Gasteiger partial charge in [0, 0.05) is 31.2 Å². The average molecular weight is 455 g/mol. The number of ketones is 1. The molecule has 1 fully saturated rings. The van der Waals surface area contributed by atoms with Gasteiger partial charge in [0.05, 0.1) is 0 Å². The first-order valence-electron chi connectivity index (χ1n) is 11.7. The summed E-state index contributed by atoms with van der Waals surface area (Å²) in [6.45, 7) is 2.90. The van der Waals surface area contributed by atoms with Crippen molar-refractivity contribution >= 4 is 17.8 Å². The fraction of sp³-hybridized carbons (Fsp3) is 0.241. The lowest BCUT2D eigenvalue weighted by molar-refractivity contribution is -0.124. The monoisotopic (exact) mass is 454 g/mol. The normalized spacial score (nSPS) is 14.7. The van der Waals surface area contributed by atoms with E-state index < -0.39 is 0 Å². The molecule has 5 heteroatoms. The first-order valence-corrected chi connectivity index (χ1v) is 11.7. The van der Waals surface area contributed by atoms with Gasteiger partial charge in [-0.1, -0.05) is 78.9 Å². The molecule has 0 aromatic heterocycles. The zero-order chi connectivity index (χ0) is 23.6. The highest BCUT2D eigenvalue weighted by Crippen LogP contribution is 2.15. The smallest absolute Gasteiger partial charge is 0.258 e. The van der Waals surface area contributed by atoms with Gasteiger partial charge in [0.25, 0.3) is 5.91 Å². The Morgan fingerprint density at radius 2 is 1.53 bits per heavy atom. The second-order valence-corrected chi connectivity index (χ2v) is 8.52. The third-order valence-corrected chi connectivity index (χ3v) is 5.94. The molecule has 34 heavy (non-hydrogen) atoms. The molecule has 0 spiro atoms. The van der Waals surface area contributed by atoms with Crippen LogP contribution < -0.4 is 10.1 Å². The summed E-state index contributed by atoms with van der Waals surface area (Å²) in [4.78, 5) is 26.9. The molecular weight excluding hydrogens is 424 g/mol. The van der Waals surface area contributed by atoms with E-state index in [0.29, 0.717) is 11.3 Å². The maximum Gasteiger partial charge on any atom is 0.258 e. The predicted molar refractivity (Wildman–Crippen MR) is 135 cm³/mol. The minimum Gasteiger partial charge on any atom is -0.484 e. The number of hydrogen-bond donors (Lipinski definition) is 1. The van der Waals surface area contributed by atoms with Gasteiger partial charge in [0.1, 0.15) is 5.75 Å². The van der Waals surface area contributed by atoms with Crippen LogP contribution in [0.15, 0.2) is 91.0 Å². The van der Waals surface area contributed by atoms with Crippen LogP contribution in [-0.4, -0.2) is 42.3 Å². The maximum absolute atomic E-state index is 12.3. The summed E-state index contributed by atoms with van der Waals surface area (Å²) in [5.74, 6) is 0.488. The van der Waals surface area contributed by atoms with E-state index in [0.717, 1.165) is 38.0 Å². The molecule has 0 radical (unpaired) electrons. The largest absolute Gasteiger partial charge is 0.484 e. The highest BCUT2D eigenvalue weighted by atomic mass is 16.5. The van der Waals surface area contributed by atoms with Gasteiger partial charge >= 0.3 is 0 Å². The molecule has 174 valence electrons. The summed E-state index contributed by atoms with van der Waals surface area (Å²) in [7, 11) is 0. The Morgan fingerprint density at radius 3 is 2.21 bits per heavy atom. The Bertz CT molecular complexity index is 1090. The van der Waals surface area contributed by atoms with Gasteiger partial charge in [0.2, 0.25) is 0 Å². The van der Waals surface area contributed by atoms with E-state index >= 15 is 0 Å². The summed E-state index contributed by atoms with van der Waals surface area (Å²) in [6.07, 6.45) is 5.22. The van der Waals surface area contributed by atoms with Crippen molar-refractivity contribution in [3.8, 4) is 5.75 Å². The van der Waals surface area contributed by atoms with E-state index in [9.17, 15) is 9.59 Å². The summed E-state index contributed by atoms with van der Waals surface area (Å²) in [6, 6.07) is 27.2. The Hall–Kier alpha value is -3.70. The lowest BCUT2D eigenvalue weighted by atomic mass is 10.0. The SMILES string of the molecule is O=C(COc1ccc(C=CC(=O)c2ccccc2)cc1)NC1CCN(Cc2ccccc2)CC1. The van der Waals surface area contributed by atoms with E-state index in [2.05, 4.69) is 34.5 Å². The number of rotatable bonds is 9. The third-order valence-electron chi connectivity index (χ3n) is 5.94. The van der Waals surface area contributed by atoms with Crippen molar-refractivity contribution in [1.29, 1.82) is 0 Å². The zero-order valence-corrected chi connectivity index (χ0v) is 19.2. The molecule has 0 aliphatic carbocycles. The van der Waals surface area contributed by atoms with Crippen LogP contribution in [0.3, 0.4) is 0 Å². The molecule has 0 atom stereocenters. The van der Waals surface area contributed by atoms with E-state index in [4.69, 9.17) is 4.74 Å².